The van der Waals surface area contributed by atoms with Crippen LogP contribution in [0.4, 0.5) is 0 Å². The summed E-state index contributed by atoms with van der Waals surface area (Å²) in [5.41, 5.74) is 5.93. The molecular weight excluding hydrogens is 410 g/mol. The van der Waals surface area contributed by atoms with Crippen LogP contribution in [-0.4, -0.2) is 23.4 Å². The topological polar surface area (TPSA) is 76.7 Å². The van der Waals surface area contributed by atoms with Gasteiger partial charge in [-0.05, 0) is 43.7 Å². The molecule has 0 bridgehead atoms. The summed E-state index contributed by atoms with van der Waals surface area (Å²) in [6, 6.07) is 15.0. The Kier molecular flexibility index (Phi) is 6.03. The van der Waals surface area contributed by atoms with Crippen molar-refractivity contribution in [3.8, 4) is 17.1 Å². The highest BCUT2D eigenvalue weighted by molar-refractivity contribution is 9.10. The minimum absolute atomic E-state index is 0.165. The number of hydrogen-bond acceptors (Lipinski definition) is 5. The van der Waals surface area contributed by atoms with E-state index in [1.54, 1.807) is 18.3 Å². The Morgan fingerprint density at radius 1 is 1.22 bits per heavy atom. The van der Waals surface area contributed by atoms with Crippen molar-refractivity contribution >= 4 is 27.5 Å². The lowest BCUT2D eigenvalue weighted by molar-refractivity contribution is -0.123. The number of hydrogen-bond donors (Lipinski definition) is 1. The Morgan fingerprint density at radius 3 is 2.70 bits per heavy atom. The first kappa shape index (κ1) is 18.8. The lowest BCUT2D eigenvalue weighted by atomic mass is 10.1. The van der Waals surface area contributed by atoms with E-state index in [1.807, 2.05) is 50.2 Å². The quantitative estimate of drug-likeness (QED) is 0.468. The summed E-state index contributed by atoms with van der Waals surface area (Å²) >= 11 is 3.39. The molecule has 0 saturated carbocycles. The van der Waals surface area contributed by atoms with Gasteiger partial charge in [-0.15, -0.1) is 0 Å². The minimum Gasteiger partial charge on any atom is -0.483 e. The number of nitrogens with one attached hydrogen (secondary N) is 1. The molecule has 7 heteroatoms. The van der Waals surface area contributed by atoms with Crippen LogP contribution in [0.2, 0.25) is 0 Å². The van der Waals surface area contributed by atoms with Crippen LogP contribution in [0.3, 0.4) is 0 Å². The summed E-state index contributed by atoms with van der Waals surface area (Å²) in [5, 5.41) is 7.83. The maximum absolute atomic E-state index is 12.1. The highest BCUT2D eigenvalue weighted by atomic mass is 79.9. The number of carbonyl (C=O) groups excluding carboxylic acids is 1. The molecule has 0 fully saturated rings. The van der Waals surface area contributed by atoms with Crippen molar-refractivity contribution in [2.45, 2.75) is 13.8 Å². The molecular formula is C20H18BrN3O3. The third-order valence-corrected chi connectivity index (χ3v) is 4.34. The highest BCUT2D eigenvalue weighted by Crippen LogP contribution is 2.30. The SMILES string of the molecule is C/C(=N\NC(=O)COc1ccc(C)cc1-c1ccno1)c1ccc(Br)cc1. The first-order valence-electron chi connectivity index (χ1n) is 8.26. The number of ether oxygens (including phenoxy) is 1. The van der Waals surface area contributed by atoms with Gasteiger partial charge in [-0.1, -0.05) is 44.8 Å². The summed E-state index contributed by atoms with van der Waals surface area (Å²) in [5.74, 6) is 0.773. The van der Waals surface area contributed by atoms with Gasteiger partial charge in [0.05, 0.1) is 17.5 Å². The van der Waals surface area contributed by atoms with E-state index in [0.29, 0.717) is 17.2 Å². The third-order valence-electron chi connectivity index (χ3n) is 3.81. The van der Waals surface area contributed by atoms with Gasteiger partial charge in [0.1, 0.15) is 5.75 Å². The second-order valence-corrected chi connectivity index (χ2v) is 6.82. The first-order chi connectivity index (χ1) is 13.0. The average molecular weight is 428 g/mol. The summed E-state index contributed by atoms with van der Waals surface area (Å²) in [4.78, 5) is 12.1. The number of amides is 1. The fourth-order valence-corrected chi connectivity index (χ4v) is 2.66. The highest BCUT2D eigenvalue weighted by Gasteiger charge is 2.12. The van der Waals surface area contributed by atoms with Crippen molar-refractivity contribution < 1.29 is 14.1 Å². The van der Waals surface area contributed by atoms with Gasteiger partial charge in [0, 0.05) is 10.5 Å². The van der Waals surface area contributed by atoms with E-state index in [1.165, 1.54) is 0 Å². The monoisotopic (exact) mass is 427 g/mol. The van der Waals surface area contributed by atoms with Gasteiger partial charge in [0.25, 0.3) is 5.91 Å². The summed E-state index contributed by atoms with van der Waals surface area (Å²) in [7, 11) is 0. The molecule has 0 unspecified atom stereocenters. The molecule has 1 aromatic heterocycles. The van der Waals surface area contributed by atoms with E-state index in [2.05, 4.69) is 31.6 Å². The Hall–Kier alpha value is -2.93. The normalized spacial score (nSPS) is 11.3. The van der Waals surface area contributed by atoms with Crippen LogP contribution in [0.5, 0.6) is 5.75 Å². The van der Waals surface area contributed by atoms with Crippen LogP contribution in [0.25, 0.3) is 11.3 Å². The lowest BCUT2D eigenvalue weighted by Gasteiger charge is -2.10. The van der Waals surface area contributed by atoms with E-state index in [9.17, 15) is 4.79 Å². The smallest absolute Gasteiger partial charge is 0.277 e. The van der Waals surface area contributed by atoms with Crippen molar-refractivity contribution in [3.05, 3.63) is 70.3 Å². The van der Waals surface area contributed by atoms with Crippen molar-refractivity contribution in [1.29, 1.82) is 0 Å². The fraction of sp³-hybridized carbons (Fsp3) is 0.150. The molecule has 1 heterocycles. The van der Waals surface area contributed by atoms with E-state index < -0.39 is 0 Å². The molecule has 0 atom stereocenters. The standard InChI is InChI=1S/C20H18BrN3O3/c1-13-3-8-18(17(11-13)19-9-10-22-27-19)26-12-20(25)24-23-14(2)15-4-6-16(21)7-5-15/h3-11H,12H2,1-2H3,(H,24,25)/b23-14+. The van der Waals surface area contributed by atoms with Crippen LogP contribution < -0.4 is 10.2 Å². The summed E-state index contributed by atoms with van der Waals surface area (Å²) in [6.45, 7) is 3.63. The molecule has 6 nitrogen and oxygen atoms in total. The number of carbonyl (C=O) groups is 1. The van der Waals surface area contributed by atoms with Gasteiger partial charge in [-0.2, -0.15) is 5.10 Å². The minimum atomic E-state index is -0.351. The summed E-state index contributed by atoms with van der Waals surface area (Å²) in [6.07, 6.45) is 1.56. The van der Waals surface area contributed by atoms with Gasteiger partial charge >= 0.3 is 0 Å². The zero-order chi connectivity index (χ0) is 19.2. The zero-order valence-electron chi connectivity index (χ0n) is 14.9. The number of hydrazone groups is 1. The molecule has 0 saturated heterocycles. The van der Waals surface area contributed by atoms with Gasteiger partial charge in [0.2, 0.25) is 0 Å². The van der Waals surface area contributed by atoms with Crippen molar-refractivity contribution in [1.82, 2.24) is 10.6 Å². The number of benzene rings is 2. The molecule has 1 N–H and O–H groups in total. The van der Waals surface area contributed by atoms with Crippen molar-refractivity contribution in [3.63, 3.8) is 0 Å². The molecule has 0 aliphatic carbocycles. The van der Waals surface area contributed by atoms with Gasteiger partial charge in [-0.25, -0.2) is 5.43 Å². The largest absolute Gasteiger partial charge is 0.483 e. The Balaban J connectivity index is 1.63. The molecule has 2 aromatic carbocycles. The van der Waals surface area contributed by atoms with Crippen molar-refractivity contribution in [2.75, 3.05) is 6.61 Å². The molecule has 1 amide bonds. The molecule has 0 spiro atoms. The number of halogens is 1. The number of nitrogens with zero attached hydrogens (tertiary/aromatic N) is 2. The van der Waals surface area contributed by atoms with Crippen molar-refractivity contribution in [2.24, 2.45) is 5.10 Å². The second-order valence-electron chi connectivity index (χ2n) is 5.90. The Labute approximate surface area is 165 Å². The second kappa shape index (κ2) is 8.64. The number of aromatic nitrogens is 1. The molecule has 27 heavy (non-hydrogen) atoms. The molecule has 3 rings (SSSR count). The van der Waals surface area contributed by atoms with E-state index in [4.69, 9.17) is 9.26 Å². The predicted molar refractivity (Wildman–Crippen MR) is 107 cm³/mol. The van der Waals surface area contributed by atoms with E-state index >= 15 is 0 Å². The van der Waals surface area contributed by atoms with E-state index in [0.717, 1.165) is 21.2 Å². The van der Waals surface area contributed by atoms with Crippen LogP contribution in [0, 0.1) is 6.92 Å². The summed E-state index contributed by atoms with van der Waals surface area (Å²) < 4.78 is 11.8. The maximum atomic E-state index is 12.1. The van der Waals surface area contributed by atoms with Crippen LogP contribution in [0.15, 0.2) is 68.8 Å². The van der Waals surface area contributed by atoms with Gasteiger partial charge in [0.15, 0.2) is 12.4 Å². The van der Waals surface area contributed by atoms with Crippen LogP contribution in [0.1, 0.15) is 18.1 Å². The Bertz CT molecular complexity index is 951. The number of rotatable bonds is 6. The molecule has 0 aliphatic heterocycles. The third kappa shape index (κ3) is 5.04. The van der Waals surface area contributed by atoms with Crippen LogP contribution >= 0.6 is 15.9 Å². The number of aryl methyl sites for hydroxylation is 1. The lowest BCUT2D eigenvalue weighted by Crippen LogP contribution is -2.25. The van der Waals surface area contributed by atoms with E-state index in [-0.39, 0.29) is 12.5 Å². The molecule has 3 aromatic rings. The van der Waals surface area contributed by atoms with Gasteiger partial charge < -0.3 is 9.26 Å². The predicted octanol–water partition coefficient (Wildman–Crippen LogP) is 4.33. The van der Waals surface area contributed by atoms with Crippen LogP contribution in [-0.2, 0) is 4.79 Å². The molecule has 138 valence electrons. The fourth-order valence-electron chi connectivity index (χ4n) is 2.39. The molecule has 0 radical (unpaired) electrons. The zero-order valence-corrected chi connectivity index (χ0v) is 16.5. The Morgan fingerprint density at radius 2 is 2.00 bits per heavy atom. The average Bonchev–Trinajstić information content (AvgIpc) is 3.20. The first-order valence-corrected chi connectivity index (χ1v) is 9.06. The van der Waals surface area contributed by atoms with Gasteiger partial charge in [-0.3, -0.25) is 4.79 Å². The maximum Gasteiger partial charge on any atom is 0.277 e. The molecule has 0 aliphatic rings.